The van der Waals surface area contributed by atoms with E-state index >= 15 is 0 Å². The van der Waals surface area contributed by atoms with E-state index in [1.54, 1.807) is 0 Å². The Balaban J connectivity index is 3.09. The Morgan fingerprint density at radius 1 is 1.53 bits per heavy atom. The van der Waals surface area contributed by atoms with E-state index in [0.717, 1.165) is 6.07 Å². The fourth-order valence-corrected chi connectivity index (χ4v) is 1.56. The first-order valence-electron chi connectivity index (χ1n) is 5.18. The van der Waals surface area contributed by atoms with Gasteiger partial charge in [0.15, 0.2) is 11.6 Å². The molecule has 0 aliphatic carbocycles. The van der Waals surface area contributed by atoms with Crippen LogP contribution < -0.4 is 4.74 Å². The summed E-state index contributed by atoms with van der Waals surface area (Å²) in [7, 11) is 1.29. The molecule has 17 heavy (non-hydrogen) atoms. The summed E-state index contributed by atoms with van der Waals surface area (Å²) in [6.07, 6.45) is -1.35. The summed E-state index contributed by atoms with van der Waals surface area (Å²) in [5.41, 5.74) is 0.554. The molecule has 1 aromatic carbocycles. The summed E-state index contributed by atoms with van der Waals surface area (Å²) in [4.78, 5) is 10.5. The van der Waals surface area contributed by atoms with Crippen molar-refractivity contribution >= 4 is 5.97 Å². The van der Waals surface area contributed by atoms with Crippen molar-refractivity contribution in [3.8, 4) is 5.75 Å². The van der Waals surface area contributed by atoms with Gasteiger partial charge in [0.25, 0.3) is 0 Å². The molecule has 0 aromatic heterocycles. The van der Waals surface area contributed by atoms with Crippen LogP contribution in [0.3, 0.4) is 0 Å². The third-order valence-electron chi connectivity index (χ3n) is 2.41. The van der Waals surface area contributed by atoms with Crippen molar-refractivity contribution in [2.75, 3.05) is 7.11 Å². The molecule has 0 saturated heterocycles. The van der Waals surface area contributed by atoms with Crippen LogP contribution in [0.2, 0.25) is 0 Å². The maximum absolute atomic E-state index is 13.6. The molecule has 1 aromatic rings. The number of hydrogen-bond donors (Lipinski definition) is 1. The molecule has 0 fully saturated rings. The molecule has 0 radical (unpaired) electrons. The van der Waals surface area contributed by atoms with E-state index in [2.05, 4.69) is 0 Å². The molecule has 0 aliphatic rings. The van der Waals surface area contributed by atoms with Crippen LogP contribution in [0, 0.1) is 5.82 Å². The Morgan fingerprint density at radius 2 is 2.18 bits per heavy atom. The Kier molecular flexibility index (Phi) is 4.43. The van der Waals surface area contributed by atoms with Gasteiger partial charge in [0.1, 0.15) is 6.17 Å². The first-order valence-corrected chi connectivity index (χ1v) is 5.18. The molecule has 0 heterocycles. The average Bonchev–Trinajstić information content (AvgIpc) is 2.25. The van der Waals surface area contributed by atoms with E-state index in [1.165, 1.54) is 20.1 Å². The van der Waals surface area contributed by atoms with Gasteiger partial charge in [-0.1, -0.05) is 0 Å². The number of carbonyl (C=O) groups is 1. The maximum Gasteiger partial charge on any atom is 0.303 e. The van der Waals surface area contributed by atoms with Crippen LogP contribution in [-0.4, -0.2) is 18.2 Å². The first-order chi connectivity index (χ1) is 7.95. The van der Waals surface area contributed by atoms with Gasteiger partial charge in [0.2, 0.25) is 0 Å². The molecule has 5 heteroatoms. The minimum atomic E-state index is -1.31. The molecule has 3 nitrogen and oxygen atoms in total. The number of carboxylic acids is 1. The number of hydrogen-bond acceptors (Lipinski definition) is 2. The lowest BCUT2D eigenvalue weighted by Crippen LogP contribution is -2.03. The third kappa shape index (κ3) is 3.41. The predicted octanol–water partition coefficient (Wildman–Crippen LogP) is 2.88. The van der Waals surface area contributed by atoms with E-state index in [-0.39, 0.29) is 24.2 Å². The zero-order valence-corrected chi connectivity index (χ0v) is 9.67. The van der Waals surface area contributed by atoms with Crippen LogP contribution in [-0.2, 0) is 11.2 Å². The molecular formula is C12H14F2O3. The highest BCUT2D eigenvalue weighted by Crippen LogP contribution is 2.29. The number of aryl methyl sites for hydroxylation is 1. The second-order valence-electron chi connectivity index (χ2n) is 3.70. The molecule has 1 unspecified atom stereocenters. The molecule has 0 amide bonds. The Labute approximate surface area is 98.0 Å². The number of benzene rings is 1. The smallest absolute Gasteiger partial charge is 0.303 e. The molecule has 1 atom stereocenters. The lowest BCUT2D eigenvalue weighted by atomic mass is 10.0. The minimum absolute atomic E-state index is 0.0179. The van der Waals surface area contributed by atoms with Crippen molar-refractivity contribution < 1.29 is 23.4 Å². The molecule has 1 N–H and O–H groups in total. The monoisotopic (exact) mass is 244 g/mol. The number of halogens is 2. The van der Waals surface area contributed by atoms with Gasteiger partial charge in [0, 0.05) is 6.42 Å². The highest BCUT2D eigenvalue weighted by molar-refractivity contribution is 5.67. The van der Waals surface area contributed by atoms with Gasteiger partial charge in [-0.3, -0.25) is 4.79 Å². The van der Waals surface area contributed by atoms with Gasteiger partial charge in [-0.15, -0.1) is 0 Å². The van der Waals surface area contributed by atoms with Gasteiger partial charge >= 0.3 is 5.97 Å². The third-order valence-corrected chi connectivity index (χ3v) is 2.41. The second kappa shape index (κ2) is 5.61. The van der Waals surface area contributed by atoms with Crippen molar-refractivity contribution in [3.05, 3.63) is 29.1 Å². The summed E-state index contributed by atoms with van der Waals surface area (Å²) in [6, 6.07) is 2.50. The van der Waals surface area contributed by atoms with E-state index < -0.39 is 18.0 Å². The SMILES string of the molecule is COc1c(F)cc(C(C)F)cc1CCC(=O)O. The van der Waals surface area contributed by atoms with Crippen LogP contribution in [0.25, 0.3) is 0 Å². The van der Waals surface area contributed by atoms with Crippen LogP contribution in [0.4, 0.5) is 8.78 Å². The van der Waals surface area contributed by atoms with Crippen molar-refractivity contribution in [2.24, 2.45) is 0 Å². The summed E-state index contributed by atoms with van der Waals surface area (Å²) >= 11 is 0. The fourth-order valence-electron chi connectivity index (χ4n) is 1.56. The molecule has 0 bridgehead atoms. The summed E-state index contributed by atoms with van der Waals surface area (Å²) in [6.45, 7) is 1.29. The van der Waals surface area contributed by atoms with E-state index in [9.17, 15) is 13.6 Å². The fraction of sp³-hybridized carbons (Fsp3) is 0.417. The van der Waals surface area contributed by atoms with Gasteiger partial charge < -0.3 is 9.84 Å². The second-order valence-corrected chi connectivity index (χ2v) is 3.70. The Bertz CT molecular complexity index is 416. The van der Waals surface area contributed by atoms with Crippen molar-refractivity contribution in [1.82, 2.24) is 0 Å². The predicted molar refractivity (Wildman–Crippen MR) is 58.4 cm³/mol. The zero-order valence-electron chi connectivity index (χ0n) is 9.67. The van der Waals surface area contributed by atoms with Gasteiger partial charge in [-0.05, 0) is 36.6 Å². The normalized spacial score (nSPS) is 12.2. The van der Waals surface area contributed by atoms with Gasteiger partial charge in [0.05, 0.1) is 7.11 Å². The summed E-state index contributed by atoms with van der Waals surface area (Å²) in [5.74, 6) is -1.68. The average molecular weight is 244 g/mol. The number of aliphatic carboxylic acids is 1. The van der Waals surface area contributed by atoms with E-state index in [1.807, 2.05) is 0 Å². The Morgan fingerprint density at radius 3 is 2.65 bits per heavy atom. The van der Waals surface area contributed by atoms with Gasteiger partial charge in [-0.25, -0.2) is 8.78 Å². The molecular weight excluding hydrogens is 230 g/mol. The molecule has 0 spiro atoms. The van der Waals surface area contributed by atoms with Crippen LogP contribution >= 0.6 is 0 Å². The van der Waals surface area contributed by atoms with Crippen molar-refractivity contribution in [2.45, 2.75) is 25.9 Å². The number of rotatable bonds is 5. The molecule has 0 aliphatic heterocycles. The molecule has 0 saturated carbocycles. The number of carboxylic acid groups (broad SMARTS) is 1. The van der Waals surface area contributed by atoms with Crippen molar-refractivity contribution in [3.63, 3.8) is 0 Å². The number of alkyl halides is 1. The summed E-state index contributed by atoms with van der Waals surface area (Å²) < 4.78 is 31.5. The standard InChI is InChI=1S/C12H14F2O3/c1-7(13)9-5-8(3-4-11(15)16)12(17-2)10(14)6-9/h5-7H,3-4H2,1-2H3,(H,15,16). The van der Waals surface area contributed by atoms with E-state index in [4.69, 9.17) is 9.84 Å². The zero-order chi connectivity index (χ0) is 13.0. The molecule has 1 rings (SSSR count). The first kappa shape index (κ1) is 13.4. The Hall–Kier alpha value is -1.65. The number of methoxy groups -OCH3 is 1. The van der Waals surface area contributed by atoms with Crippen LogP contribution in [0.5, 0.6) is 5.75 Å². The maximum atomic E-state index is 13.6. The summed E-state index contributed by atoms with van der Waals surface area (Å²) in [5, 5.41) is 8.58. The van der Waals surface area contributed by atoms with Crippen LogP contribution in [0.1, 0.15) is 30.6 Å². The molecule has 94 valence electrons. The van der Waals surface area contributed by atoms with Crippen LogP contribution in [0.15, 0.2) is 12.1 Å². The minimum Gasteiger partial charge on any atom is -0.493 e. The largest absolute Gasteiger partial charge is 0.493 e. The van der Waals surface area contributed by atoms with Crippen molar-refractivity contribution in [1.29, 1.82) is 0 Å². The van der Waals surface area contributed by atoms with E-state index in [0.29, 0.717) is 5.56 Å². The highest BCUT2D eigenvalue weighted by atomic mass is 19.1. The highest BCUT2D eigenvalue weighted by Gasteiger charge is 2.15. The quantitative estimate of drug-likeness (QED) is 0.866. The lowest BCUT2D eigenvalue weighted by Gasteiger charge is -2.12. The van der Waals surface area contributed by atoms with Gasteiger partial charge in [-0.2, -0.15) is 0 Å². The lowest BCUT2D eigenvalue weighted by molar-refractivity contribution is -0.136. The topological polar surface area (TPSA) is 46.5 Å². The number of ether oxygens (including phenoxy) is 1.